The van der Waals surface area contributed by atoms with Crippen LogP contribution >= 0.6 is 0 Å². The van der Waals surface area contributed by atoms with Gasteiger partial charge >= 0.3 is 0 Å². The van der Waals surface area contributed by atoms with Gasteiger partial charge in [0.05, 0.1) is 30.4 Å². The van der Waals surface area contributed by atoms with E-state index in [1.54, 1.807) is 13.2 Å². The predicted octanol–water partition coefficient (Wildman–Crippen LogP) is 2.75. The zero-order valence-electron chi connectivity index (χ0n) is 17.8. The first kappa shape index (κ1) is 21.1. The lowest BCUT2D eigenvalue weighted by Crippen LogP contribution is -2.37. The summed E-state index contributed by atoms with van der Waals surface area (Å²) in [5.41, 5.74) is 1.71. The average molecular weight is 421 g/mol. The molecule has 7 heteroatoms. The summed E-state index contributed by atoms with van der Waals surface area (Å²) >= 11 is 0. The van der Waals surface area contributed by atoms with E-state index in [9.17, 15) is 9.59 Å². The predicted molar refractivity (Wildman–Crippen MR) is 120 cm³/mol. The quantitative estimate of drug-likeness (QED) is 0.606. The van der Waals surface area contributed by atoms with E-state index in [2.05, 4.69) is 27.3 Å². The fourth-order valence-corrected chi connectivity index (χ4v) is 4.12. The number of methoxy groups -OCH3 is 1. The third-order valence-electron chi connectivity index (χ3n) is 5.89. The van der Waals surface area contributed by atoms with Crippen LogP contribution in [-0.4, -0.2) is 47.1 Å². The molecule has 1 aliphatic rings. The number of rotatable bonds is 8. The van der Waals surface area contributed by atoms with Gasteiger partial charge in [0.2, 0.25) is 5.91 Å². The number of hydrogen-bond donors (Lipinski definition) is 1. The topological polar surface area (TPSA) is 76.5 Å². The first-order chi connectivity index (χ1) is 15.2. The van der Waals surface area contributed by atoms with Crippen molar-refractivity contribution in [2.24, 2.45) is 0 Å². The standard InChI is InChI=1S/C24H28N4O3/c1-31-19-10-8-18(9-11-19)22(27-13-4-5-14-27)16-25-23(29)12-15-28-17-26-21-7-3-2-6-20(21)24(28)30/h2-3,6-11,17,22H,4-5,12-16H2,1H3,(H,25,29). The van der Waals surface area contributed by atoms with E-state index in [1.165, 1.54) is 23.7 Å². The van der Waals surface area contributed by atoms with Crippen LogP contribution in [0.25, 0.3) is 10.9 Å². The number of aromatic nitrogens is 2. The molecule has 1 amide bonds. The highest BCUT2D eigenvalue weighted by Crippen LogP contribution is 2.26. The maximum Gasteiger partial charge on any atom is 0.261 e. The summed E-state index contributed by atoms with van der Waals surface area (Å²) < 4.78 is 6.77. The van der Waals surface area contributed by atoms with E-state index in [1.807, 2.05) is 30.3 Å². The second-order valence-electron chi connectivity index (χ2n) is 7.85. The molecule has 1 aromatic heterocycles. The van der Waals surface area contributed by atoms with Crippen LogP contribution in [0.15, 0.2) is 59.7 Å². The van der Waals surface area contributed by atoms with Crippen LogP contribution in [0.5, 0.6) is 5.75 Å². The van der Waals surface area contributed by atoms with Crippen molar-refractivity contribution in [3.05, 3.63) is 70.8 Å². The number of para-hydroxylation sites is 1. The molecule has 1 unspecified atom stereocenters. The monoisotopic (exact) mass is 420 g/mol. The van der Waals surface area contributed by atoms with Crippen molar-refractivity contribution < 1.29 is 9.53 Å². The van der Waals surface area contributed by atoms with E-state index in [0.29, 0.717) is 24.0 Å². The molecule has 1 atom stereocenters. The molecule has 1 aliphatic heterocycles. The molecule has 7 nitrogen and oxygen atoms in total. The summed E-state index contributed by atoms with van der Waals surface area (Å²) in [6.45, 7) is 2.91. The first-order valence-corrected chi connectivity index (χ1v) is 10.7. The van der Waals surface area contributed by atoms with E-state index < -0.39 is 0 Å². The minimum Gasteiger partial charge on any atom is -0.497 e. The van der Waals surface area contributed by atoms with Crippen LogP contribution in [0.4, 0.5) is 0 Å². The molecule has 1 fully saturated rings. The summed E-state index contributed by atoms with van der Waals surface area (Å²) in [4.78, 5) is 31.9. The Balaban J connectivity index is 1.38. The van der Waals surface area contributed by atoms with Gasteiger partial charge in [-0.15, -0.1) is 0 Å². The van der Waals surface area contributed by atoms with Crippen LogP contribution in [0.1, 0.15) is 30.9 Å². The van der Waals surface area contributed by atoms with Gasteiger partial charge in [-0.2, -0.15) is 0 Å². The van der Waals surface area contributed by atoms with Crippen molar-refractivity contribution in [3.8, 4) is 5.75 Å². The molecule has 162 valence electrons. The summed E-state index contributed by atoms with van der Waals surface area (Å²) in [5.74, 6) is 0.750. The van der Waals surface area contributed by atoms with Crippen LogP contribution in [0.2, 0.25) is 0 Å². The molecule has 0 spiro atoms. The largest absolute Gasteiger partial charge is 0.497 e. The smallest absolute Gasteiger partial charge is 0.261 e. The van der Waals surface area contributed by atoms with Crippen molar-refractivity contribution in [1.82, 2.24) is 19.8 Å². The molecule has 1 N–H and O–H groups in total. The van der Waals surface area contributed by atoms with E-state index in [4.69, 9.17) is 4.74 Å². The SMILES string of the molecule is COc1ccc(C(CNC(=O)CCn2cnc3ccccc3c2=O)N2CCCC2)cc1. The second kappa shape index (κ2) is 9.75. The van der Waals surface area contributed by atoms with Crippen LogP contribution in [-0.2, 0) is 11.3 Å². The number of likely N-dealkylation sites (tertiary alicyclic amines) is 1. The minimum atomic E-state index is -0.119. The number of aryl methyl sites for hydroxylation is 1. The molecular weight excluding hydrogens is 392 g/mol. The Morgan fingerprint density at radius 1 is 1.13 bits per heavy atom. The molecule has 0 saturated carbocycles. The Morgan fingerprint density at radius 2 is 1.87 bits per heavy atom. The van der Waals surface area contributed by atoms with Crippen LogP contribution in [0.3, 0.4) is 0 Å². The maximum atomic E-state index is 12.6. The number of ether oxygens (including phenoxy) is 1. The molecule has 2 heterocycles. The minimum absolute atomic E-state index is 0.0715. The summed E-state index contributed by atoms with van der Waals surface area (Å²) in [7, 11) is 1.66. The average Bonchev–Trinajstić information content (AvgIpc) is 3.34. The summed E-state index contributed by atoms with van der Waals surface area (Å²) in [5, 5.41) is 3.63. The van der Waals surface area contributed by atoms with Crippen molar-refractivity contribution in [1.29, 1.82) is 0 Å². The Labute approximate surface area is 181 Å². The molecule has 3 aromatic rings. The molecule has 0 aliphatic carbocycles. The number of carbonyl (C=O) groups excluding carboxylic acids is 1. The fraction of sp³-hybridized carbons (Fsp3) is 0.375. The highest BCUT2D eigenvalue weighted by molar-refractivity contribution is 5.77. The number of carbonyl (C=O) groups is 1. The molecule has 1 saturated heterocycles. The zero-order valence-corrected chi connectivity index (χ0v) is 17.8. The third-order valence-corrected chi connectivity index (χ3v) is 5.89. The number of nitrogens with one attached hydrogen (secondary N) is 1. The van der Waals surface area contributed by atoms with Gasteiger partial charge in [0.15, 0.2) is 0 Å². The van der Waals surface area contributed by atoms with Crippen molar-refractivity contribution in [3.63, 3.8) is 0 Å². The van der Waals surface area contributed by atoms with E-state index in [-0.39, 0.29) is 23.9 Å². The highest BCUT2D eigenvalue weighted by atomic mass is 16.5. The Bertz CT molecular complexity index is 1090. The van der Waals surface area contributed by atoms with Gasteiger partial charge < -0.3 is 10.1 Å². The van der Waals surface area contributed by atoms with Gasteiger partial charge in [-0.05, 0) is 55.8 Å². The third kappa shape index (κ3) is 4.94. The van der Waals surface area contributed by atoms with E-state index in [0.717, 1.165) is 24.4 Å². The number of fused-ring (bicyclic) bond motifs is 1. The first-order valence-electron chi connectivity index (χ1n) is 10.7. The number of benzene rings is 2. The van der Waals surface area contributed by atoms with Crippen molar-refractivity contribution in [2.45, 2.75) is 31.8 Å². The fourth-order valence-electron chi connectivity index (χ4n) is 4.12. The van der Waals surface area contributed by atoms with Gasteiger partial charge in [-0.1, -0.05) is 24.3 Å². The zero-order chi connectivity index (χ0) is 21.6. The van der Waals surface area contributed by atoms with Gasteiger partial charge in [0.25, 0.3) is 5.56 Å². The summed E-state index contributed by atoms with van der Waals surface area (Å²) in [6.07, 6.45) is 4.11. The second-order valence-corrected chi connectivity index (χ2v) is 7.85. The molecule has 31 heavy (non-hydrogen) atoms. The van der Waals surface area contributed by atoms with Gasteiger partial charge in [-0.3, -0.25) is 19.1 Å². The maximum absolute atomic E-state index is 12.6. The molecule has 2 aromatic carbocycles. The normalized spacial score (nSPS) is 15.1. The number of amides is 1. The lowest BCUT2D eigenvalue weighted by Gasteiger charge is -2.28. The number of hydrogen-bond acceptors (Lipinski definition) is 5. The van der Waals surface area contributed by atoms with Gasteiger partial charge in [0, 0.05) is 19.5 Å². The summed E-state index contributed by atoms with van der Waals surface area (Å²) in [6, 6.07) is 15.4. The van der Waals surface area contributed by atoms with Crippen molar-refractivity contribution >= 4 is 16.8 Å². The Morgan fingerprint density at radius 3 is 2.61 bits per heavy atom. The van der Waals surface area contributed by atoms with Crippen LogP contribution in [0, 0.1) is 0 Å². The molecule has 4 rings (SSSR count). The van der Waals surface area contributed by atoms with Crippen LogP contribution < -0.4 is 15.6 Å². The molecule has 0 radical (unpaired) electrons. The van der Waals surface area contributed by atoms with Gasteiger partial charge in [-0.25, -0.2) is 4.98 Å². The Kier molecular flexibility index (Phi) is 6.62. The highest BCUT2D eigenvalue weighted by Gasteiger charge is 2.24. The molecule has 0 bridgehead atoms. The lowest BCUT2D eigenvalue weighted by molar-refractivity contribution is -0.121. The van der Waals surface area contributed by atoms with Gasteiger partial charge in [0.1, 0.15) is 5.75 Å². The van der Waals surface area contributed by atoms with E-state index >= 15 is 0 Å². The lowest BCUT2D eigenvalue weighted by atomic mass is 10.1. The van der Waals surface area contributed by atoms with Crippen molar-refractivity contribution in [2.75, 3.05) is 26.7 Å². The Hall–Kier alpha value is -3.19. The molecular formula is C24H28N4O3. The number of nitrogens with zero attached hydrogens (tertiary/aromatic N) is 3.